The molecule has 0 fully saturated rings. The monoisotopic (exact) mass is 261 g/mol. The number of esters is 1. The minimum Gasteiger partial charge on any atom is -0.466 e. The molecule has 0 atom stereocenters. The minimum absolute atomic E-state index is 0. The van der Waals surface area contributed by atoms with Crippen LogP contribution >= 0.6 is 0 Å². The van der Waals surface area contributed by atoms with Gasteiger partial charge in [0, 0.05) is 36.0 Å². The Balaban J connectivity index is 0. The van der Waals surface area contributed by atoms with Crippen LogP contribution in [-0.4, -0.2) is 60.9 Å². The fourth-order valence-corrected chi connectivity index (χ4v) is 1.60. The third-order valence-corrected chi connectivity index (χ3v) is 2.65. The van der Waals surface area contributed by atoms with Gasteiger partial charge in [-0.1, -0.05) is 19.8 Å². The Hall–Kier alpha value is 0.380. The van der Waals surface area contributed by atoms with Gasteiger partial charge in [-0.2, -0.15) is 8.42 Å². The normalized spacial score (nSPS) is 10.6. The Morgan fingerprint density at radius 1 is 1.19 bits per heavy atom. The standard InChI is InChI=1S/C9H18O5S.Na/c1-2-9(10)14-7-5-3-4-6-8-15(11,12)13;/h2-8H2,1H3,(H,11,12,13);. The quantitative estimate of drug-likeness (QED) is 0.305. The zero-order valence-corrected chi connectivity index (χ0v) is 12.8. The molecule has 5 nitrogen and oxygen atoms in total. The maximum Gasteiger partial charge on any atom is 0.305 e. The Morgan fingerprint density at radius 2 is 1.75 bits per heavy atom. The summed E-state index contributed by atoms with van der Waals surface area (Å²) in [7, 11) is -3.82. The van der Waals surface area contributed by atoms with Crippen molar-refractivity contribution >= 4 is 45.6 Å². The summed E-state index contributed by atoms with van der Waals surface area (Å²) in [5.41, 5.74) is 0. The first-order chi connectivity index (χ1) is 6.95. The van der Waals surface area contributed by atoms with Crippen LogP contribution in [0, 0.1) is 0 Å². The number of hydrogen-bond donors (Lipinski definition) is 1. The molecule has 0 aliphatic heterocycles. The molecular weight excluding hydrogens is 243 g/mol. The van der Waals surface area contributed by atoms with E-state index in [-0.39, 0.29) is 41.3 Å². The van der Waals surface area contributed by atoms with E-state index in [0.29, 0.717) is 25.9 Å². The average molecular weight is 261 g/mol. The summed E-state index contributed by atoms with van der Waals surface area (Å²) in [5, 5.41) is 0. The summed E-state index contributed by atoms with van der Waals surface area (Å²) < 4.78 is 33.9. The Morgan fingerprint density at radius 3 is 2.25 bits per heavy atom. The van der Waals surface area contributed by atoms with Crippen molar-refractivity contribution in [3.63, 3.8) is 0 Å². The number of unbranched alkanes of at least 4 members (excludes halogenated alkanes) is 3. The van der Waals surface area contributed by atoms with Gasteiger partial charge in [0.25, 0.3) is 10.1 Å². The van der Waals surface area contributed by atoms with Gasteiger partial charge in [0.2, 0.25) is 0 Å². The second kappa shape index (κ2) is 10.5. The van der Waals surface area contributed by atoms with Crippen LogP contribution in [0.15, 0.2) is 0 Å². The number of rotatable bonds is 8. The predicted molar refractivity (Wildman–Crippen MR) is 61.9 cm³/mol. The Labute approximate surface area is 119 Å². The molecule has 0 aromatic carbocycles. The van der Waals surface area contributed by atoms with Crippen molar-refractivity contribution in [1.82, 2.24) is 0 Å². The van der Waals surface area contributed by atoms with E-state index in [0.717, 1.165) is 12.8 Å². The number of carbonyl (C=O) groups is 1. The molecule has 0 rings (SSSR count). The van der Waals surface area contributed by atoms with E-state index in [1.165, 1.54) is 0 Å². The summed E-state index contributed by atoms with van der Waals surface area (Å²) in [6.07, 6.45) is 3.07. The molecular formula is C9H18NaO5S. The van der Waals surface area contributed by atoms with Gasteiger partial charge < -0.3 is 4.74 Å². The summed E-state index contributed by atoms with van der Waals surface area (Å²) in [4.78, 5) is 10.7. The second-order valence-electron chi connectivity index (χ2n) is 3.27. The van der Waals surface area contributed by atoms with Gasteiger partial charge >= 0.3 is 5.97 Å². The van der Waals surface area contributed by atoms with Gasteiger partial charge in [-0.25, -0.2) is 0 Å². The fraction of sp³-hybridized carbons (Fsp3) is 0.889. The van der Waals surface area contributed by atoms with Crippen LogP contribution < -0.4 is 0 Å². The smallest absolute Gasteiger partial charge is 0.305 e. The van der Waals surface area contributed by atoms with Crippen molar-refractivity contribution in [3.8, 4) is 0 Å². The second-order valence-corrected chi connectivity index (χ2v) is 4.85. The van der Waals surface area contributed by atoms with Crippen molar-refractivity contribution in [2.24, 2.45) is 0 Å². The minimum atomic E-state index is -3.82. The van der Waals surface area contributed by atoms with E-state index in [4.69, 9.17) is 9.29 Å². The van der Waals surface area contributed by atoms with Crippen LogP contribution in [0.2, 0.25) is 0 Å². The molecule has 0 saturated heterocycles. The van der Waals surface area contributed by atoms with E-state index >= 15 is 0 Å². The maximum atomic E-state index is 10.7. The van der Waals surface area contributed by atoms with Crippen molar-refractivity contribution < 1.29 is 22.5 Å². The molecule has 1 N–H and O–H groups in total. The SMILES string of the molecule is CCC(=O)OCCCCCCS(=O)(=O)O.[Na]. The van der Waals surface area contributed by atoms with Gasteiger partial charge in [0.1, 0.15) is 0 Å². The summed E-state index contributed by atoms with van der Waals surface area (Å²) in [5.74, 6) is -0.408. The van der Waals surface area contributed by atoms with Crippen LogP contribution in [-0.2, 0) is 19.6 Å². The predicted octanol–water partition coefficient (Wildman–Crippen LogP) is 1.01. The van der Waals surface area contributed by atoms with Gasteiger partial charge in [0.05, 0.1) is 12.4 Å². The largest absolute Gasteiger partial charge is 0.466 e. The van der Waals surface area contributed by atoms with Crippen LogP contribution in [0.3, 0.4) is 0 Å². The molecule has 0 aliphatic carbocycles. The van der Waals surface area contributed by atoms with Gasteiger partial charge in [-0.3, -0.25) is 9.35 Å². The molecule has 91 valence electrons. The molecule has 7 heteroatoms. The summed E-state index contributed by atoms with van der Waals surface area (Å²) in [6.45, 7) is 2.12. The summed E-state index contributed by atoms with van der Waals surface area (Å²) in [6, 6.07) is 0. The van der Waals surface area contributed by atoms with Gasteiger partial charge in [-0.15, -0.1) is 0 Å². The average Bonchev–Trinajstić information content (AvgIpc) is 2.14. The van der Waals surface area contributed by atoms with E-state index in [1.54, 1.807) is 6.92 Å². The zero-order chi connectivity index (χ0) is 11.7. The van der Waals surface area contributed by atoms with E-state index < -0.39 is 10.1 Å². The van der Waals surface area contributed by atoms with Crippen molar-refractivity contribution in [2.45, 2.75) is 39.0 Å². The zero-order valence-electron chi connectivity index (χ0n) is 9.94. The van der Waals surface area contributed by atoms with E-state index in [9.17, 15) is 13.2 Å². The molecule has 16 heavy (non-hydrogen) atoms. The summed E-state index contributed by atoms with van der Waals surface area (Å²) >= 11 is 0. The first-order valence-electron chi connectivity index (χ1n) is 5.06. The first kappa shape index (κ1) is 18.7. The van der Waals surface area contributed by atoms with Crippen molar-refractivity contribution in [3.05, 3.63) is 0 Å². The first-order valence-corrected chi connectivity index (χ1v) is 6.67. The maximum absolute atomic E-state index is 10.7. The van der Waals surface area contributed by atoms with Crippen molar-refractivity contribution in [2.75, 3.05) is 12.4 Å². The number of carbonyl (C=O) groups excluding carboxylic acids is 1. The van der Waals surface area contributed by atoms with Crippen molar-refractivity contribution in [1.29, 1.82) is 0 Å². The molecule has 0 aromatic heterocycles. The van der Waals surface area contributed by atoms with Gasteiger partial charge in [-0.05, 0) is 12.8 Å². The molecule has 0 amide bonds. The third kappa shape index (κ3) is 14.4. The molecule has 0 spiro atoms. The fourth-order valence-electron chi connectivity index (χ4n) is 1.03. The van der Waals surface area contributed by atoms with E-state index in [1.807, 2.05) is 0 Å². The number of hydrogen-bond acceptors (Lipinski definition) is 4. The third-order valence-electron chi connectivity index (χ3n) is 1.85. The Bertz CT molecular complexity index is 276. The van der Waals surface area contributed by atoms with Crippen LogP contribution in [0.1, 0.15) is 39.0 Å². The Kier molecular flexibility index (Phi) is 12.3. The van der Waals surface area contributed by atoms with Crippen LogP contribution in [0.25, 0.3) is 0 Å². The molecule has 1 radical (unpaired) electrons. The van der Waals surface area contributed by atoms with Crippen LogP contribution in [0.4, 0.5) is 0 Å². The molecule has 0 heterocycles. The molecule has 0 aromatic rings. The molecule has 0 aliphatic rings. The molecule has 0 unspecified atom stereocenters. The molecule has 0 saturated carbocycles. The van der Waals surface area contributed by atoms with Crippen LogP contribution in [0.5, 0.6) is 0 Å². The van der Waals surface area contributed by atoms with E-state index in [2.05, 4.69) is 0 Å². The topological polar surface area (TPSA) is 80.7 Å². The number of ether oxygens (including phenoxy) is 1. The van der Waals surface area contributed by atoms with Gasteiger partial charge in [0.15, 0.2) is 0 Å². The molecule has 0 bridgehead atoms.